The van der Waals surface area contributed by atoms with E-state index in [2.05, 4.69) is 20.6 Å². The number of hydrogen-bond donors (Lipinski definition) is 2. The van der Waals surface area contributed by atoms with Gasteiger partial charge >= 0.3 is 0 Å². The quantitative estimate of drug-likeness (QED) is 0.757. The molecule has 1 aliphatic heterocycles. The maximum Gasteiger partial charge on any atom is 0.271 e. The molecule has 0 radical (unpaired) electrons. The predicted molar refractivity (Wildman–Crippen MR) is 55.8 cm³/mol. The molecule has 2 rings (SSSR count). The van der Waals surface area contributed by atoms with Crippen molar-refractivity contribution in [1.82, 2.24) is 20.6 Å². The zero-order valence-corrected chi connectivity index (χ0v) is 8.79. The Kier molecular flexibility index (Phi) is 3.13. The van der Waals surface area contributed by atoms with Gasteiger partial charge in [-0.2, -0.15) is 0 Å². The van der Waals surface area contributed by atoms with Crippen molar-refractivity contribution in [2.45, 2.75) is 12.5 Å². The van der Waals surface area contributed by atoms with Crippen LogP contribution < -0.4 is 10.6 Å². The van der Waals surface area contributed by atoms with E-state index in [4.69, 9.17) is 11.6 Å². The summed E-state index contributed by atoms with van der Waals surface area (Å²) in [5.41, 5.74) is 0.298. The Labute approximate surface area is 92.3 Å². The minimum Gasteiger partial charge on any atom is -0.347 e. The van der Waals surface area contributed by atoms with Gasteiger partial charge in [-0.1, -0.05) is 11.6 Å². The maximum absolute atomic E-state index is 11.6. The van der Waals surface area contributed by atoms with Crippen LogP contribution in [0.5, 0.6) is 0 Å². The van der Waals surface area contributed by atoms with Crippen molar-refractivity contribution in [3.05, 3.63) is 23.2 Å². The minimum absolute atomic E-state index is 0.190. The van der Waals surface area contributed by atoms with Gasteiger partial charge in [0.1, 0.15) is 10.8 Å². The smallest absolute Gasteiger partial charge is 0.271 e. The fourth-order valence-electron chi connectivity index (χ4n) is 1.47. The second kappa shape index (κ2) is 4.55. The molecule has 80 valence electrons. The van der Waals surface area contributed by atoms with Gasteiger partial charge in [-0.3, -0.25) is 4.79 Å². The minimum atomic E-state index is -0.201. The Morgan fingerprint density at radius 1 is 1.53 bits per heavy atom. The Morgan fingerprint density at radius 3 is 3.00 bits per heavy atom. The number of halogens is 1. The molecule has 5 nitrogen and oxygen atoms in total. The Bertz CT molecular complexity index is 348. The largest absolute Gasteiger partial charge is 0.347 e. The van der Waals surface area contributed by atoms with Crippen LogP contribution >= 0.6 is 11.6 Å². The van der Waals surface area contributed by atoms with Crippen molar-refractivity contribution in [2.75, 3.05) is 13.1 Å². The molecule has 1 saturated heterocycles. The zero-order valence-electron chi connectivity index (χ0n) is 8.03. The van der Waals surface area contributed by atoms with Crippen LogP contribution in [0.15, 0.2) is 12.4 Å². The first kappa shape index (κ1) is 10.3. The van der Waals surface area contributed by atoms with Gasteiger partial charge in [0, 0.05) is 12.6 Å². The molecule has 1 amide bonds. The lowest BCUT2D eigenvalue weighted by Crippen LogP contribution is -2.36. The molecular formula is C9H11ClN4O. The van der Waals surface area contributed by atoms with E-state index in [0.717, 1.165) is 19.5 Å². The molecule has 0 saturated carbocycles. The molecule has 6 heteroatoms. The lowest BCUT2D eigenvalue weighted by atomic mass is 10.2. The zero-order chi connectivity index (χ0) is 10.7. The van der Waals surface area contributed by atoms with Gasteiger partial charge in [-0.15, -0.1) is 0 Å². The average molecular weight is 227 g/mol. The van der Waals surface area contributed by atoms with Crippen LogP contribution in [0.4, 0.5) is 0 Å². The summed E-state index contributed by atoms with van der Waals surface area (Å²) in [5.74, 6) is -0.201. The number of carbonyl (C=O) groups excluding carboxylic acids is 1. The topological polar surface area (TPSA) is 66.9 Å². The number of aromatic nitrogens is 2. The standard InChI is InChI=1S/C9H11ClN4O/c10-8-5-12-7(4-13-8)9(15)14-6-1-2-11-3-6/h4-6,11H,1-3H2,(H,14,15). The molecule has 2 N–H and O–H groups in total. The third-order valence-corrected chi connectivity index (χ3v) is 2.44. The van der Waals surface area contributed by atoms with E-state index in [1.165, 1.54) is 12.4 Å². The van der Waals surface area contributed by atoms with Gasteiger partial charge in [0.25, 0.3) is 5.91 Å². The van der Waals surface area contributed by atoms with Crippen molar-refractivity contribution in [3.63, 3.8) is 0 Å². The number of nitrogens with one attached hydrogen (secondary N) is 2. The van der Waals surface area contributed by atoms with E-state index < -0.39 is 0 Å². The van der Waals surface area contributed by atoms with Crippen LogP contribution in [0.2, 0.25) is 5.15 Å². The van der Waals surface area contributed by atoms with Crippen LogP contribution in [-0.2, 0) is 0 Å². The third kappa shape index (κ3) is 2.64. The number of amides is 1. The van der Waals surface area contributed by atoms with Gasteiger partial charge in [-0.25, -0.2) is 9.97 Å². The van der Waals surface area contributed by atoms with Crippen molar-refractivity contribution in [3.8, 4) is 0 Å². The lowest BCUT2D eigenvalue weighted by Gasteiger charge is -2.10. The van der Waals surface area contributed by atoms with Crippen LogP contribution in [0, 0.1) is 0 Å². The van der Waals surface area contributed by atoms with Crippen LogP contribution in [0.1, 0.15) is 16.9 Å². The second-order valence-corrected chi connectivity index (χ2v) is 3.77. The van der Waals surface area contributed by atoms with Gasteiger partial charge in [0.2, 0.25) is 0 Å². The van der Waals surface area contributed by atoms with E-state index in [9.17, 15) is 4.79 Å². The SMILES string of the molecule is O=C(NC1CCNC1)c1cnc(Cl)cn1. The highest BCUT2D eigenvalue weighted by molar-refractivity contribution is 6.29. The monoisotopic (exact) mass is 226 g/mol. The van der Waals surface area contributed by atoms with Crippen molar-refractivity contribution in [2.24, 2.45) is 0 Å². The molecule has 15 heavy (non-hydrogen) atoms. The average Bonchev–Trinajstić information content (AvgIpc) is 2.71. The van der Waals surface area contributed by atoms with E-state index in [1.807, 2.05) is 0 Å². The van der Waals surface area contributed by atoms with Gasteiger partial charge in [-0.05, 0) is 13.0 Å². The van der Waals surface area contributed by atoms with Crippen molar-refractivity contribution < 1.29 is 4.79 Å². The first-order chi connectivity index (χ1) is 7.25. The molecule has 0 bridgehead atoms. The van der Waals surface area contributed by atoms with E-state index in [-0.39, 0.29) is 17.1 Å². The van der Waals surface area contributed by atoms with Gasteiger partial charge in [0.15, 0.2) is 0 Å². The van der Waals surface area contributed by atoms with Crippen LogP contribution in [-0.4, -0.2) is 35.0 Å². The van der Waals surface area contributed by atoms with Crippen LogP contribution in [0.3, 0.4) is 0 Å². The van der Waals surface area contributed by atoms with Gasteiger partial charge < -0.3 is 10.6 Å². The predicted octanol–water partition coefficient (Wildman–Crippen LogP) is 0.222. The van der Waals surface area contributed by atoms with E-state index in [0.29, 0.717) is 5.69 Å². The van der Waals surface area contributed by atoms with Crippen LogP contribution in [0.25, 0.3) is 0 Å². The molecule has 0 aromatic carbocycles. The summed E-state index contributed by atoms with van der Waals surface area (Å²) in [6.45, 7) is 1.75. The number of hydrogen-bond acceptors (Lipinski definition) is 4. The van der Waals surface area contributed by atoms with E-state index in [1.54, 1.807) is 0 Å². The lowest BCUT2D eigenvalue weighted by molar-refractivity contribution is 0.0934. The second-order valence-electron chi connectivity index (χ2n) is 3.39. The Balaban J connectivity index is 1.98. The number of nitrogens with zero attached hydrogens (tertiary/aromatic N) is 2. The molecular weight excluding hydrogens is 216 g/mol. The highest BCUT2D eigenvalue weighted by Crippen LogP contribution is 2.03. The summed E-state index contributed by atoms with van der Waals surface area (Å²) in [6.07, 6.45) is 3.69. The maximum atomic E-state index is 11.6. The summed E-state index contributed by atoms with van der Waals surface area (Å²) in [6, 6.07) is 0.190. The highest BCUT2D eigenvalue weighted by atomic mass is 35.5. The fourth-order valence-corrected chi connectivity index (χ4v) is 1.56. The molecule has 1 unspecified atom stereocenters. The first-order valence-corrected chi connectivity index (χ1v) is 5.12. The van der Waals surface area contributed by atoms with Gasteiger partial charge in [0.05, 0.1) is 12.4 Å². The summed E-state index contributed by atoms with van der Waals surface area (Å²) >= 11 is 5.57. The first-order valence-electron chi connectivity index (χ1n) is 4.75. The summed E-state index contributed by atoms with van der Waals surface area (Å²) < 4.78 is 0. The molecule has 1 aromatic heterocycles. The molecule has 0 spiro atoms. The highest BCUT2D eigenvalue weighted by Gasteiger charge is 2.18. The van der Waals surface area contributed by atoms with E-state index >= 15 is 0 Å². The third-order valence-electron chi connectivity index (χ3n) is 2.25. The summed E-state index contributed by atoms with van der Waals surface area (Å²) in [5, 5.41) is 6.32. The Hall–Kier alpha value is -1.20. The molecule has 1 aliphatic rings. The number of rotatable bonds is 2. The molecule has 1 aromatic rings. The molecule has 1 fully saturated rings. The normalized spacial score (nSPS) is 20.2. The summed E-state index contributed by atoms with van der Waals surface area (Å²) in [7, 11) is 0. The Morgan fingerprint density at radius 2 is 2.40 bits per heavy atom. The molecule has 0 aliphatic carbocycles. The molecule has 2 heterocycles. The summed E-state index contributed by atoms with van der Waals surface area (Å²) in [4.78, 5) is 19.3. The van der Waals surface area contributed by atoms with Crippen molar-refractivity contribution >= 4 is 17.5 Å². The molecule has 1 atom stereocenters. The van der Waals surface area contributed by atoms with Crippen molar-refractivity contribution in [1.29, 1.82) is 0 Å². The number of carbonyl (C=O) groups is 1. The fraction of sp³-hybridized carbons (Fsp3) is 0.444.